The number of benzene rings is 1. The van der Waals surface area contributed by atoms with Crippen molar-refractivity contribution >= 4 is 11.2 Å². The van der Waals surface area contributed by atoms with Gasteiger partial charge >= 0.3 is 5.69 Å². The average Bonchev–Trinajstić information content (AvgIpc) is 2.99. The molecule has 0 fully saturated rings. The largest absolute Gasteiger partial charge is 0.497 e. The number of aryl methyl sites for hydroxylation is 1. The van der Waals surface area contributed by atoms with Crippen LogP contribution in [0.3, 0.4) is 0 Å². The average molecular weight is 348 g/mol. The summed E-state index contributed by atoms with van der Waals surface area (Å²) in [5.41, 5.74) is 0.152. The van der Waals surface area contributed by atoms with Crippen LogP contribution in [0.1, 0.15) is 0 Å². The fraction of sp³-hybridized carbons (Fsp3) is 0.211. The number of methoxy groups -OCH3 is 1. The van der Waals surface area contributed by atoms with E-state index < -0.39 is 11.2 Å². The van der Waals surface area contributed by atoms with Crippen molar-refractivity contribution in [2.24, 2.45) is 7.05 Å². The molecule has 2 heterocycles. The fourth-order valence-electron chi connectivity index (χ4n) is 2.85. The van der Waals surface area contributed by atoms with Gasteiger partial charge in [-0.15, -0.1) is 12.8 Å². The monoisotopic (exact) mass is 348 g/mol. The van der Waals surface area contributed by atoms with Gasteiger partial charge in [0.25, 0.3) is 5.56 Å². The molecule has 0 saturated carbocycles. The molecule has 1 aromatic carbocycles. The summed E-state index contributed by atoms with van der Waals surface area (Å²) in [4.78, 5) is 29.9. The highest BCUT2D eigenvalue weighted by Gasteiger charge is 2.20. The standard InChI is InChI=1S/C19H16N4O3/c1-5-10-22-17-15(18(24)23(11-6-2)19(22)25)21(3)16(20-17)13-8-7-9-14(12-13)26-4/h1-2,7-9,12H,10-11H2,3-4H3. The Labute approximate surface area is 149 Å². The van der Waals surface area contributed by atoms with Gasteiger partial charge in [0.15, 0.2) is 11.2 Å². The zero-order valence-electron chi connectivity index (χ0n) is 14.4. The van der Waals surface area contributed by atoms with Crippen molar-refractivity contribution in [2.45, 2.75) is 13.1 Å². The molecule has 0 bridgehead atoms. The summed E-state index contributed by atoms with van der Waals surface area (Å²) in [6.07, 6.45) is 10.7. The minimum atomic E-state index is -0.575. The lowest BCUT2D eigenvalue weighted by Crippen LogP contribution is -2.40. The summed E-state index contributed by atoms with van der Waals surface area (Å²) in [5, 5.41) is 0. The second-order valence-corrected chi connectivity index (χ2v) is 5.57. The van der Waals surface area contributed by atoms with E-state index in [1.165, 1.54) is 4.57 Å². The number of hydrogen-bond donors (Lipinski definition) is 0. The zero-order valence-corrected chi connectivity index (χ0v) is 14.4. The molecule has 0 radical (unpaired) electrons. The molecule has 0 spiro atoms. The van der Waals surface area contributed by atoms with Crippen molar-refractivity contribution in [3.63, 3.8) is 0 Å². The molecule has 0 aliphatic rings. The molecule has 7 heteroatoms. The molecule has 130 valence electrons. The molecule has 0 unspecified atom stereocenters. The summed E-state index contributed by atoms with van der Waals surface area (Å²) in [6, 6.07) is 7.26. The van der Waals surface area contributed by atoms with E-state index in [4.69, 9.17) is 17.6 Å². The summed E-state index contributed by atoms with van der Waals surface area (Å²) in [5.74, 6) is 5.91. The van der Waals surface area contributed by atoms with E-state index in [0.29, 0.717) is 11.6 Å². The number of hydrogen-bond acceptors (Lipinski definition) is 4. The first kappa shape index (κ1) is 17.1. The van der Waals surface area contributed by atoms with Gasteiger partial charge in [0.1, 0.15) is 11.6 Å². The van der Waals surface area contributed by atoms with Gasteiger partial charge in [-0.2, -0.15) is 0 Å². The Morgan fingerprint density at radius 3 is 2.50 bits per heavy atom. The number of nitrogens with zero attached hydrogens (tertiary/aromatic N) is 4. The third kappa shape index (κ3) is 2.56. The van der Waals surface area contributed by atoms with E-state index in [1.54, 1.807) is 30.9 Å². The molecule has 0 saturated heterocycles. The molecular weight excluding hydrogens is 332 g/mol. The molecule has 3 aromatic rings. The topological polar surface area (TPSA) is 71.1 Å². The summed E-state index contributed by atoms with van der Waals surface area (Å²) >= 11 is 0. The third-order valence-electron chi connectivity index (χ3n) is 4.07. The van der Waals surface area contributed by atoms with Gasteiger partial charge in [-0.25, -0.2) is 14.3 Å². The first-order valence-electron chi connectivity index (χ1n) is 7.74. The minimum Gasteiger partial charge on any atom is -0.497 e. The zero-order chi connectivity index (χ0) is 18.8. The van der Waals surface area contributed by atoms with E-state index in [-0.39, 0.29) is 24.3 Å². The van der Waals surface area contributed by atoms with E-state index >= 15 is 0 Å². The maximum absolute atomic E-state index is 12.8. The Balaban J connectivity index is 2.42. The smallest absolute Gasteiger partial charge is 0.334 e. The SMILES string of the molecule is C#CCn1c(=O)c2c(nc(-c3cccc(OC)c3)n2C)n(CC#C)c1=O. The van der Waals surface area contributed by atoms with Gasteiger partial charge in [0.2, 0.25) is 0 Å². The van der Waals surface area contributed by atoms with E-state index in [2.05, 4.69) is 16.8 Å². The van der Waals surface area contributed by atoms with E-state index in [0.717, 1.165) is 10.1 Å². The molecular formula is C19H16N4O3. The molecule has 0 N–H and O–H groups in total. The quantitative estimate of drug-likeness (QED) is 0.655. The lowest BCUT2D eigenvalue weighted by molar-refractivity contribution is 0.415. The summed E-state index contributed by atoms with van der Waals surface area (Å²) in [6.45, 7) is -0.160. The molecule has 3 rings (SSSR count). The van der Waals surface area contributed by atoms with Crippen LogP contribution < -0.4 is 16.0 Å². The van der Waals surface area contributed by atoms with Crippen molar-refractivity contribution in [1.29, 1.82) is 0 Å². The molecule has 26 heavy (non-hydrogen) atoms. The van der Waals surface area contributed by atoms with Crippen molar-refractivity contribution in [1.82, 2.24) is 18.7 Å². The third-order valence-corrected chi connectivity index (χ3v) is 4.07. The van der Waals surface area contributed by atoms with Crippen LogP contribution in [-0.4, -0.2) is 25.8 Å². The Bertz CT molecular complexity index is 1200. The number of fused-ring (bicyclic) bond motifs is 1. The van der Waals surface area contributed by atoms with Crippen molar-refractivity contribution in [3.05, 3.63) is 45.1 Å². The normalized spacial score (nSPS) is 10.5. The lowest BCUT2D eigenvalue weighted by atomic mass is 10.2. The first-order valence-corrected chi connectivity index (χ1v) is 7.74. The van der Waals surface area contributed by atoms with Crippen LogP contribution in [0.4, 0.5) is 0 Å². The number of imidazole rings is 1. The van der Waals surface area contributed by atoms with Gasteiger partial charge in [0.05, 0.1) is 20.2 Å². The second-order valence-electron chi connectivity index (χ2n) is 5.57. The number of terminal acetylenes is 2. The van der Waals surface area contributed by atoms with Crippen LogP contribution in [0.25, 0.3) is 22.6 Å². The van der Waals surface area contributed by atoms with Crippen LogP contribution in [0.2, 0.25) is 0 Å². The maximum atomic E-state index is 12.8. The fourth-order valence-corrected chi connectivity index (χ4v) is 2.85. The number of aromatic nitrogens is 4. The first-order chi connectivity index (χ1) is 12.5. The van der Waals surface area contributed by atoms with Crippen molar-refractivity contribution in [3.8, 4) is 41.8 Å². The Morgan fingerprint density at radius 2 is 1.85 bits per heavy atom. The molecule has 0 amide bonds. The highest BCUT2D eigenvalue weighted by Crippen LogP contribution is 2.24. The number of rotatable bonds is 4. The Hall–Kier alpha value is -3.71. The predicted molar refractivity (Wildman–Crippen MR) is 98.9 cm³/mol. The van der Waals surface area contributed by atoms with Gasteiger partial charge in [-0.1, -0.05) is 24.0 Å². The van der Waals surface area contributed by atoms with Crippen LogP contribution in [0, 0.1) is 24.7 Å². The van der Waals surface area contributed by atoms with Crippen molar-refractivity contribution < 1.29 is 4.74 Å². The van der Waals surface area contributed by atoms with E-state index in [1.807, 2.05) is 12.1 Å². The predicted octanol–water partition coefficient (Wildman–Crippen LogP) is 0.839. The molecule has 2 aromatic heterocycles. The molecule has 7 nitrogen and oxygen atoms in total. The highest BCUT2D eigenvalue weighted by molar-refractivity contribution is 5.77. The van der Waals surface area contributed by atoms with E-state index in [9.17, 15) is 9.59 Å². The van der Waals surface area contributed by atoms with Gasteiger partial charge in [0, 0.05) is 12.6 Å². The van der Waals surface area contributed by atoms with Gasteiger partial charge in [-0.05, 0) is 12.1 Å². The van der Waals surface area contributed by atoms with Gasteiger partial charge in [-0.3, -0.25) is 9.36 Å². The van der Waals surface area contributed by atoms with Crippen LogP contribution in [-0.2, 0) is 20.1 Å². The molecule has 0 atom stereocenters. The molecule has 0 aliphatic heterocycles. The minimum absolute atomic E-state index is 0.0191. The highest BCUT2D eigenvalue weighted by atomic mass is 16.5. The van der Waals surface area contributed by atoms with Crippen LogP contribution in [0.15, 0.2) is 33.9 Å². The van der Waals surface area contributed by atoms with Crippen molar-refractivity contribution in [2.75, 3.05) is 7.11 Å². The second kappa shape index (κ2) is 6.66. The number of ether oxygens (including phenoxy) is 1. The van der Waals surface area contributed by atoms with Gasteiger partial charge < -0.3 is 9.30 Å². The summed E-state index contributed by atoms with van der Waals surface area (Å²) in [7, 11) is 3.27. The molecule has 0 aliphatic carbocycles. The summed E-state index contributed by atoms with van der Waals surface area (Å²) < 4.78 is 9.13. The van der Waals surface area contributed by atoms with Crippen LogP contribution in [0.5, 0.6) is 5.75 Å². The lowest BCUT2D eigenvalue weighted by Gasteiger charge is -2.07. The maximum Gasteiger partial charge on any atom is 0.334 e. The Kier molecular flexibility index (Phi) is 4.38. The Morgan fingerprint density at radius 1 is 1.15 bits per heavy atom. The van der Waals surface area contributed by atoms with Crippen LogP contribution >= 0.6 is 0 Å².